The number of halogens is 4. The van der Waals surface area contributed by atoms with Crippen LogP contribution in [0.5, 0.6) is 0 Å². The van der Waals surface area contributed by atoms with E-state index in [0.29, 0.717) is 15.1 Å². The Kier molecular flexibility index (Phi) is 5.09. The second-order valence-corrected chi connectivity index (χ2v) is 5.74. The van der Waals surface area contributed by atoms with E-state index in [1.165, 1.54) is 12.1 Å². The van der Waals surface area contributed by atoms with Crippen molar-refractivity contribution in [2.24, 2.45) is 0 Å². The summed E-state index contributed by atoms with van der Waals surface area (Å²) in [7, 11) is 0. The lowest BCUT2D eigenvalue weighted by molar-refractivity contribution is 0.0936. The van der Waals surface area contributed by atoms with Gasteiger partial charge in [-0.15, -0.1) is 0 Å². The van der Waals surface area contributed by atoms with E-state index < -0.39 is 11.7 Å². The van der Waals surface area contributed by atoms with Crippen LogP contribution in [0, 0.1) is 5.82 Å². The minimum atomic E-state index is -0.627. The molecule has 2 rings (SSSR count). The molecule has 0 aliphatic rings. The van der Waals surface area contributed by atoms with Gasteiger partial charge < -0.3 is 5.32 Å². The highest BCUT2D eigenvalue weighted by molar-refractivity contribution is 6.42. The molecule has 0 heterocycles. The summed E-state index contributed by atoms with van der Waals surface area (Å²) in [6.07, 6.45) is 0. The Balaban J connectivity index is 2.18. The van der Waals surface area contributed by atoms with Crippen LogP contribution >= 0.6 is 34.8 Å². The highest BCUT2D eigenvalue weighted by Gasteiger charge is 2.16. The van der Waals surface area contributed by atoms with Gasteiger partial charge in [0.05, 0.1) is 21.7 Å². The lowest BCUT2D eigenvalue weighted by Gasteiger charge is -2.15. The third-order valence-corrected chi connectivity index (χ3v) is 3.94. The molecule has 2 aromatic carbocycles. The number of carbonyl (C=O) groups is 1. The third kappa shape index (κ3) is 3.88. The largest absolute Gasteiger partial charge is 0.345 e. The molecule has 0 fully saturated rings. The molecule has 1 atom stereocenters. The minimum Gasteiger partial charge on any atom is -0.345 e. The number of rotatable bonds is 3. The molecule has 2 aromatic rings. The second-order valence-electron chi connectivity index (χ2n) is 4.49. The van der Waals surface area contributed by atoms with Gasteiger partial charge in [0, 0.05) is 5.02 Å². The van der Waals surface area contributed by atoms with E-state index >= 15 is 0 Å². The van der Waals surface area contributed by atoms with Crippen molar-refractivity contribution in [2.75, 3.05) is 0 Å². The van der Waals surface area contributed by atoms with E-state index in [4.69, 9.17) is 34.8 Å². The smallest absolute Gasteiger partial charge is 0.254 e. The molecule has 1 N–H and O–H groups in total. The van der Waals surface area contributed by atoms with Gasteiger partial charge in [-0.05, 0) is 42.8 Å². The standard InChI is InChI=1S/C15H11Cl3FNO/c1-8(9-2-4-12(17)13(18)6-9)20-15(21)11-7-10(16)3-5-14(11)19/h2-8H,1H3,(H,20,21). The molecule has 1 amide bonds. The topological polar surface area (TPSA) is 29.1 Å². The number of amides is 1. The molecule has 0 spiro atoms. The van der Waals surface area contributed by atoms with Gasteiger partial charge >= 0.3 is 0 Å². The first-order valence-corrected chi connectivity index (χ1v) is 7.22. The van der Waals surface area contributed by atoms with Crippen LogP contribution in [-0.4, -0.2) is 5.91 Å². The average Bonchev–Trinajstić information content (AvgIpc) is 2.44. The number of hydrogen-bond donors (Lipinski definition) is 1. The fourth-order valence-electron chi connectivity index (χ4n) is 1.81. The first kappa shape index (κ1) is 16.1. The van der Waals surface area contributed by atoms with E-state index in [0.717, 1.165) is 11.6 Å². The zero-order valence-electron chi connectivity index (χ0n) is 11.0. The van der Waals surface area contributed by atoms with Crippen molar-refractivity contribution in [1.82, 2.24) is 5.32 Å². The van der Waals surface area contributed by atoms with Crippen LogP contribution in [0.4, 0.5) is 4.39 Å². The number of hydrogen-bond acceptors (Lipinski definition) is 1. The first-order valence-electron chi connectivity index (χ1n) is 6.09. The van der Waals surface area contributed by atoms with Crippen molar-refractivity contribution >= 4 is 40.7 Å². The lowest BCUT2D eigenvalue weighted by Crippen LogP contribution is -2.27. The maximum Gasteiger partial charge on any atom is 0.254 e. The Hall–Kier alpha value is -1.29. The fourth-order valence-corrected chi connectivity index (χ4v) is 2.29. The van der Waals surface area contributed by atoms with Gasteiger partial charge in [-0.1, -0.05) is 40.9 Å². The predicted molar refractivity (Wildman–Crippen MR) is 83.8 cm³/mol. The Morgan fingerprint density at radius 3 is 2.48 bits per heavy atom. The van der Waals surface area contributed by atoms with E-state index in [1.54, 1.807) is 25.1 Å². The third-order valence-electron chi connectivity index (χ3n) is 2.96. The Bertz CT molecular complexity index is 691. The molecule has 110 valence electrons. The zero-order chi connectivity index (χ0) is 15.6. The highest BCUT2D eigenvalue weighted by atomic mass is 35.5. The molecule has 2 nitrogen and oxygen atoms in total. The van der Waals surface area contributed by atoms with Crippen LogP contribution in [-0.2, 0) is 0 Å². The summed E-state index contributed by atoms with van der Waals surface area (Å²) in [4.78, 5) is 12.1. The van der Waals surface area contributed by atoms with E-state index in [-0.39, 0.29) is 11.6 Å². The first-order chi connectivity index (χ1) is 9.88. The van der Waals surface area contributed by atoms with Crippen molar-refractivity contribution < 1.29 is 9.18 Å². The van der Waals surface area contributed by atoms with Gasteiger partial charge in [0.2, 0.25) is 0 Å². The van der Waals surface area contributed by atoms with Crippen LogP contribution in [0.2, 0.25) is 15.1 Å². The van der Waals surface area contributed by atoms with Crippen molar-refractivity contribution in [2.45, 2.75) is 13.0 Å². The van der Waals surface area contributed by atoms with Crippen LogP contribution in [0.15, 0.2) is 36.4 Å². The van der Waals surface area contributed by atoms with E-state index in [9.17, 15) is 9.18 Å². The summed E-state index contributed by atoms with van der Waals surface area (Å²) in [5.74, 6) is -1.17. The SMILES string of the molecule is CC(NC(=O)c1cc(Cl)ccc1F)c1ccc(Cl)c(Cl)c1. The van der Waals surface area contributed by atoms with Gasteiger partial charge in [0.15, 0.2) is 0 Å². The molecule has 0 radical (unpaired) electrons. The molecule has 0 saturated carbocycles. The zero-order valence-corrected chi connectivity index (χ0v) is 13.2. The molecule has 0 aromatic heterocycles. The number of benzene rings is 2. The van der Waals surface area contributed by atoms with Gasteiger partial charge in [-0.3, -0.25) is 4.79 Å². The van der Waals surface area contributed by atoms with Crippen molar-refractivity contribution in [1.29, 1.82) is 0 Å². The predicted octanol–water partition coefficient (Wildman–Crippen LogP) is 5.28. The van der Waals surface area contributed by atoms with Crippen LogP contribution < -0.4 is 5.32 Å². The van der Waals surface area contributed by atoms with Crippen LogP contribution in [0.1, 0.15) is 28.9 Å². The minimum absolute atomic E-state index is 0.102. The van der Waals surface area contributed by atoms with E-state index in [1.807, 2.05) is 0 Å². The van der Waals surface area contributed by atoms with Crippen LogP contribution in [0.25, 0.3) is 0 Å². The highest BCUT2D eigenvalue weighted by Crippen LogP contribution is 2.26. The van der Waals surface area contributed by atoms with Crippen molar-refractivity contribution in [3.8, 4) is 0 Å². The number of nitrogens with one attached hydrogen (secondary N) is 1. The molecule has 6 heteroatoms. The molecule has 21 heavy (non-hydrogen) atoms. The summed E-state index contributed by atoms with van der Waals surface area (Å²) >= 11 is 17.6. The molecule has 0 bridgehead atoms. The molecule has 1 unspecified atom stereocenters. The maximum absolute atomic E-state index is 13.6. The fraction of sp³-hybridized carbons (Fsp3) is 0.133. The summed E-state index contributed by atoms with van der Waals surface area (Å²) in [5, 5.41) is 3.81. The molecule has 0 saturated heterocycles. The van der Waals surface area contributed by atoms with Gasteiger partial charge in [-0.25, -0.2) is 4.39 Å². The molecule has 0 aliphatic carbocycles. The van der Waals surface area contributed by atoms with Gasteiger partial charge in [0.1, 0.15) is 5.82 Å². The van der Waals surface area contributed by atoms with Gasteiger partial charge in [0.25, 0.3) is 5.91 Å². The Morgan fingerprint density at radius 1 is 1.10 bits per heavy atom. The average molecular weight is 347 g/mol. The Morgan fingerprint density at radius 2 is 1.81 bits per heavy atom. The quantitative estimate of drug-likeness (QED) is 0.805. The molecule has 0 aliphatic heterocycles. The Labute approximate surface area is 136 Å². The van der Waals surface area contributed by atoms with Gasteiger partial charge in [-0.2, -0.15) is 0 Å². The summed E-state index contributed by atoms with van der Waals surface area (Å²) in [6, 6.07) is 8.51. The second kappa shape index (κ2) is 6.65. The molecular formula is C15H11Cl3FNO. The van der Waals surface area contributed by atoms with E-state index in [2.05, 4.69) is 5.32 Å². The van der Waals surface area contributed by atoms with Crippen LogP contribution in [0.3, 0.4) is 0 Å². The number of carbonyl (C=O) groups excluding carboxylic acids is 1. The summed E-state index contributed by atoms with van der Waals surface area (Å²) < 4.78 is 13.6. The van der Waals surface area contributed by atoms with Crippen molar-refractivity contribution in [3.63, 3.8) is 0 Å². The summed E-state index contributed by atoms with van der Waals surface area (Å²) in [6.45, 7) is 1.76. The van der Waals surface area contributed by atoms with Crippen molar-refractivity contribution in [3.05, 3.63) is 68.4 Å². The maximum atomic E-state index is 13.6. The normalized spacial score (nSPS) is 12.0. The summed E-state index contributed by atoms with van der Waals surface area (Å²) in [5.41, 5.74) is 0.662. The lowest BCUT2D eigenvalue weighted by atomic mass is 10.1. The monoisotopic (exact) mass is 345 g/mol. The molecular weight excluding hydrogens is 336 g/mol.